The van der Waals surface area contributed by atoms with E-state index in [9.17, 15) is 4.79 Å². The Kier molecular flexibility index (Phi) is 5.12. The molecule has 0 saturated heterocycles. The minimum atomic E-state index is -0.0981. The number of hydrogen-bond acceptors (Lipinski definition) is 5. The van der Waals surface area contributed by atoms with E-state index in [2.05, 4.69) is 21.4 Å². The third-order valence-electron chi connectivity index (χ3n) is 4.66. The molecule has 0 unspecified atom stereocenters. The second-order valence-corrected chi connectivity index (χ2v) is 6.89. The largest absolute Gasteiger partial charge is 0.495 e. The molecule has 3 aromatic rings. The van der Waals surface area contributed by atoms with Crippen molar-refractivity contribution in [3.63, 3.8) is 0 Å². The lowest BCUT2D eigenvalue weighted by atomic mass is 10.0. The van der Waals surface area contributed by atoms with Crippen molar-refractivity contribution in [2.24, 2.45) is 0 Å². The fraction of sp³-hybridized carbons (Fsp3) is 0.190. The zero-order valence-electron chi connectivity index (χ0n) is 15.4. The molecule has 1 aliphatic rings. The van der Waals surface area contributed by atoms with Crippen LogP contribution in [-0.2, 0) is 6.42 Å². The molecule has 0 fully saturated rings. The molecule has 0 bridgehead atoms. The lowest BCUT2D eigenvalue weighted by molar-refractivity contribution is 0.0984. The number of fused-ring (bicyclic) bond motifs is 1. The van der Waals surface area contributed by atoms with Gasteiger partial charge in [0.1, 0.15) is 5.75 Å². The number of benzene rings is 2. The number of carbonyl (C=O) groups excluding carboxylic acids is 1. The number of anilines is 3. The highest BCUT2D eigenvalue weighted by Gasteiger charge is 2.23. The molecule has 0 radical (unpaired) electrons. The van der Waals surface area contributed by atoms with Crippen LogP contribution in [0.4, 0.5) is 17.3 Å². The molecule has 0 aliphatic carbocycles. The van der Waals surface area contributed by atoms with E-state index in [1.165, 1.54) is 18.0 Å². The number of rotatable bonds is 4. The SMILES string of the molecule is COc1ccc(Cl)cc1Nc1ncc(C(=O)N2CCCc3ccccc32)cn1. The van der Waals surface area contributed by atoms with Gasteiger partial charge in [-0.3, -0.25) is 4.79 Å². The molecule has 1 N–H and O–H groups in total. The maximum atomic E-state index is 13.0. The Morgan fingerprint density at radius 3 is 2.75 bits per heavy atom. The smallest absolute Gasteiger partial charge is 0.261 e. The number of aromatic nitrogens is 2. The van der Waals surface area contributed by atoms with Crippen LogP contribution in [0.1, 0.15) is 22.3 Å². The molecule has 0 spiro atoms. The van der Waals surface area contributed by atoms with Gasteiger partial charge in [0.15, 0.2) is 0 Å². The highest BCUT2D eigenvalue weighted by Crippen LogP contribution is 2.30. The predicted octanol–water partition coefficient (Wildman–Crippen LogP) is 4.48. The summed E-state index contributed by atoms with van der Waals surface area (Å²) in [5.41, 5.74) is 3.25. The number of para-hydroxylation sites is 1. The molecule has 28 heavy (non-hydrogen) atoms. The van der Waals surface area contributed by atoms with Gasteiger partial charge < -0.3 is 15.0 Å². The van der Waals surface area contributed by atoms with Gasteiger partial charge in [0.2, 0.25) is 5.95 Å². The van der Waals surface area contributed by atoms with Crippen LogP contribution in [0.15, 0.2) is 54.9 Å². The van der Waals surface area contributed by atoms with E-state index in [1.54, 1.807) is 30.2 Å². The summed E-state index contributed by atoms with van der Waals surface area (Å²) < 4.78 is 5.31. The van der Waals surface area contributed by atoms with E-state index in [0.717, 1.165) is 18.5 Å². The van der Waals surface area contributed by atoms with Crippen molar-refractivity contribution < 1.29 is 9.53 Å². The van der Waals surface area contributed by atoms with Gasteiger partial charge in [0.05, 0.1) is 18.4 Å². The lowest BCUT2D eigenvalue weighted by Gasteiger charge is -2.29. The highest BCUT2D eigenvalue weighted by molar-refractivity contribution is 6.31. The summed E-state index contributed by atoms with van der Waals surface area (Å²) in [5.74, 6) is 0.883. The van der Waals surface area contributed by atoms with E-state index in [4.69, 9.17) is 16.3 Å². The Hall–Kier alpha value is -3.12. The van der Waals surface area contributed by atoms with Gasteiger partial charge in [-0.1, -0.05) is 29.8 Å². The Labute approximate surface area is 168 Å². The molecular weight excluding hydrogens is 376 g/mol. The van der Waals surface area contributed by atoms with Crippen LogP contribution in [0, 0.1) is 0 Å². The number of aryl methyl sites for hydroxylation is 1. The van der Waals surface area contributed by atoms with Crippen molar-refractivity contribution >= 4 is 34.8 Å². The standard InChI is InChI=1S/C21H19ClN4O2/c1-28-19-9-8-16(22)11-17(19)25-21-23-12-15(13-24-21)20(27)26-10-4-6-14-5-2-3-7-18(14)26/h2-3,5,7-9,11-13H,4,6,10H2,1H3,(H,23,24,25). The number of halogens is 1. The van der Waals surface area contributed by atoms with Gasteiger partial charge in [-0.25, -0.2) is 9.97 Å². The van der Waals surface area contributed by atoms with Crippen molar-refractivity contribution in [3.05, 3.63) is 71.0 Å². The summed E-state index contributed by atoms with van der Waals surface area (Å²) in [5, 5.41) is 3.64. The Morgan fingerprint density at radius 1 is 1.18 bits per heavy atom. The van der Waals surface area contributed by atoms with Gasteiger partial charge in [-0.05, 0) is 42.7 Å². The molecule has 1 amide bonds. The minimum Gasteiger partial charge on any atom is -0.495 e. The van der Waals surface area contributed by atoms with E-state index in [-0.39, 0.29) is 5.91 Å². The summed E-state index contributed by atoms with van der Waals surface area (Å²) in [6.45, 7) is 0.690. The quantitative estimate of drug-likeness (QED) is 0.706. The van der Waals surface area contributed by atoms with Crippen LogP contribution in [-0.4, -0.2) is 29.5 Å². The van der Waals surface area contributed by atoms with Crippen LogP contribution in [0.5, 0.6) is 5.75 Å². The van der Waals surface area contributed by atoms with Crippen molar-refractivity contribution in [1.82, 2.24) is 9.97 Å². The molecule has 2 heterocycles. The minimum absolute atomic E-state index is 0.0981. The van der Waals surface area contributed by atoms with Crippen LogP contribution < -0.4 is 15.0 Å². The third-order valence-corrected chi connectivity index (χ3v) is 4.90. The van der Waals surface area contributed by atoms with Crippen LogP contribution in [0.2, 0.25) is 5.02 Å². The molecule has 2 aromatic carbocycles. The number of amides is 1. The Balaban J connectivity index is 1.54. The summed E-state index contributed by atoms with van der Waals surface area (Å²) in [6.07, 6.45) is 5.00. The van der Waals surface area contributed by atoms with Gasteiger partial charge in [0.25, 0.3) is 5.91 Å². The molecule has 6 nitrogen and oxygen atoms in total. The Morgan fingerprint density at radius 2 is 1.96 bits per heavy atom. The average molecular weight is 395 g/mol. The van der Waals surface area contributed by atoms with Crippen molar-refractivity contribution in [2.45, 2.75) is 12.8 Å². The number of nitrogens with zero attached hydrogens (tertiary/aromatic N) is 3. The number of hydrogen-bond donors (Lipinski definition) is 1. The van der Waals surface area contributed by atoms with Crippen LogP contribution >= 0.6 is 11.6 Å². The molecule has 0 atom stereocenters. The molecule has 1 aromatic heterocycles. The molecular formula is C21H19ClN4O2. The van der Waals surface area contributed by atoms with Gasteiger partial charge in [-0.2, -0.15) is 0 Å². The summed E-state index contributed by atoms with van der Waals surface area (Å²) in [6, 6.07) is 13.2. The summed E-state index contributed by atoms with van der Waals surface area (Å²) >= 11 is 6.05. The second kappa shape index (κ2) is 7.86. The van der Waals surface area contributed by atoms with E-state index < -0.39 is 0 Å². The summed E-state index contributed by atoms with van der Waals surface area (Å²) in [7, 11) is 1.58. The van der Waals surface area contributed by atoms with E-state index in [1.807, 2.05) is 18.2 Å². The van der Waals surface area contributed by atoms with E-state index in [0.29, 0.717) is 34.5 Å². The lowest BCUT2D eigenvalue weighted by Crippen LogP contribution is -2.35. The van der Waals surface area contributed by atoms with E-state index >= 15 is 0 Å². The first-order valence-electron chi connectivity index (χ1n) is 8.98. The van der Waals surface area contributed by atoms with Crippen molar-refractivity contribution in [2.75, 3.05) is 23.9 Å². The van der Waals surface area contributed by atoms with Crippen LogP contribution in [0.25, 0.3) is 0 Å². The predicted molar refractivity (Wildman–Crippen MR) is 110 cm³/mol. The zero-order valence-corrected chi connectivity index (χ0v) is 16.1. The molecule has 4 rings (SSSR count). The maximum absolute atomic E-state index is 13.0. The first kappa shape index (κ1) is 18.3. The van der Waals surface area contributed by atoms with Crippen molar-refractivity contribution in [1.29, 1.82) is 0 Å². The first-order chi connectivity index (χ1) is 13.7. The molecule has 142 valence electrons. The van der Waals surface area contributed by atoms with Gasteiger partial charge in [0, 0.05) is 29.6 Å². The monoisotopic (exact) mass is 394 g/mol. The second-order valence-electron chi connectivity index (χ2n) is 6.45. The number of methoxy groups -OCH3 is 1. The number of ether oxygens (including phenoxy) is 1. The third kappa shape index (κ3) is 3.64. The molecule has 0 saturated carbocycles. The van der Waals surface area contributed by atoms with Crippen LogP contribution in [0.3, 0.4) is 0 Å². The molecule has 7 heteroatoms. The van der Waals surface area contributed by atoms with Gasteiger partial charge in [-0.15, -0.1) is 0 Å². The Bertz CT molecular complexity index is 1010. The average Bonchev–Trinajstić information content (AvgIpc) is 2.73. The number of nitrogens with one attached hydrogen (secondary N) is 1. The summed E-state index contributed by atoms with van der Waals surface area (Å²) in [4.78, 5) is 23.3. The first-order valence-corrected chi connectivity index (χ1v) is 9.36. The highest BCUT2D eigenvalue weighted by atomic mass is 35.5. The van der Waals surface area contributed by atoms with Crippen molar-refractivity contribution in [3.8, 4) is 5.75 Å². The maximum Gasteiger partial charge on any atom is 0.261 e. The fourth-order valence-electron chi connectivity index (χ4n) is 3.30. The fourth-order valence-corrected chi connectivity index (χ4v) is 3.47. The normalized spacial score (nSPS) is 13.0. The zero-order chi connectivity index (χ0) is 19.5. The van der Waals surface area contributed by atoms with Gasteiger partial charge >= 0.3 is 0 Å². The number of carbonyl (C=O) groups is 1. The topological polar surface area (TPSA) is 67.3 Å². The molecule has 1 aliphatic heterocycles.